The molecule has 0 unspecified atom stereocenters. The van der Waals surface area contributed by atoms with E-state index in [1.807, 2.05) is 4.90 Å². The molecule has 0 bridgehead atoms. The van der Waals surface area contributed by atoms with Crippen LogP contribution in [0, 0.1) is 6.92 Å². The van der Waals surface area contributed by atoms with E-state index in [0.717, 1.165) is 44.7 Å². The summed E-state index contributed by atoms with van der Waals surface area (Å²) in [4.78, 5) is 17.5. The molecule has 0 atom stereocenters. The van der Waals surface area contributed by atoms with Crippen molar-refractivity contribution in [2.75, 3.05) is 36.4 Å². The number of anilines is 2. The van der Waals surface area contributed by atoms with Crippen LogP contribution >= 0.6 is 23.2 Å². The molecule has 0 aromatic heterocycles. The largest absolute Gasteiger partial charge is 0.326 e. The highest BCUT2D eigenvalue weighted by molar-refractivity contribution is 6.42. The number of amides is 2. The maximum absolute atomic E-state index is 13.1. The van der Waals surface area contributed by atoms with Crippen molar-refractivity contribution in [2.24, 2.45) is 0 Å². The predicted molar refractivity (Wildman–Crippen MR) is 117 cm³/mol. The van der Waals surface area contributed by atoms with E-state index in [4.69, 9.17) is 23.2 Å². The minimum atomic E-state index is -0.127. The van der Waals surface area contributed by atoms with E-state index in [1.54, 1.807) is 18.2 Å². The molecule has 2 aliphatic rings. The van der Waals surface area contributed by atoms with E-state index in [9.17, 15) is 4.79 Å². The molecule has 0 saturated carbocycles. The molecule has 0 radical (unpaired) electrons. The van der Waals surface area contributed by atoms with Crippen LogP contribution in [0.4, 0.5) is 16.2 Å². The second kappa shape index (κ2) is 7.58. The maximum atomic E-state index is 13.1. The monoisotopic (exact) mass is 417 g/mol. The van der Waals surface area contributed by atoms with Crippen LogP contribution in [0.25, 0.3) is 0 Å². The van der Waals surface area contributed by atoms with Gasteiger partial charge in [-0.1, -0.05) is 47.8 Å². The molecule has 28 heavy (non-hydrogen) atoms. The first-order chi connectivity index (χ1) is 13.4. The van der Waals surface area contributed by atoms with Crippen LogP contribution in [0.5, 0.6) is 0 Å². The van der Waals surface area contributed by atoms with Crippen LogP contribution in [-0.4, -0.2) is 37.1 Å². The molecular formula is C22H25Cl2N3O. The number of fused-ring (bicyclic) bond motifs is 2. The lowest BCUT2D eigenvalue weighted by molar-refractivity contribution is 0.173. The molecule has 2 heterocycles. The first-order valence-corrected chi connectivity index (χ1v) is 10.5. The Hall–Kier alpha value is -1.75. The third-order valence-electron chi connectivity index (χ3n) is 6.15. The zero-order valence-electron chi connectivity index (χ0n) is 16.3. The normalized spacial score (nSPS) is 18.4. The van der Waals surface area contributed by atoms with E-state index in [0.29, 0.717) is 15.7 Å². The van der Waals surface area contributed by atoms with Crippen molar-refractivity contribution in [1.82, 2.24) is 4.90 Å². The van der Waals surface area contributed by atoms with Gasteiger partial charge in [-0.15, -0.1) is 0 Å². The topological polar surface area (TPSA) is 35.6 Å². The number of piperidine rings is 1. The molecule has 2 aromatic carbocycles. The summed E-state index contributed by atoms with van der Waals surface area (Å²) < 4.78 is 0. The van der Waals surface area contributed by atoms with Gasteiger partial charge in [-0.2, -0.15) is 0 Å². The molecule has 4 nitrogen and oxygen atoms in total. The second-order valence-corrected chi connectivity index (χ2v) is 8.69. The highest BCUT2D eigenvalue weighted by Crippen LogP contribution is 2.47. The molecule has 1 spiro atoms. The molecule has 1 N–H and O–H groups in total. The van der Waals surface area contributed by atoms with Gasteiger partial charge >= 0.3 is 6.03 Å². The highest BCUT2D eigenvalue weighted by Gasteiger charge is 2.46. The molecule has 4 rings (SSSR count). The molecule has 0 aliphatic carbocycles. The summed E-state index contributed by atoms with van der Waals surface area (Å²) >= 11 is 12.1. The number of rotatable bonds is 2. The van der Waals surface area contributed by atoms with Crippen LogP contribution in [-0.2, 0) is 5.41 Å². The Bertz CT molecular complexity index is 907. The maximum Gasteiger partial charge on any atom is 0.326 e. The standard InChI is InChI=1S/C22H25Cl2N3O/c1-3-26-10-8-22(9-11-26)14-27(20-7-4-15(2)12-17(20)22)21(28)25-16-5-6-18(23)19(24)13-16/h4-7,12-13H,3,8-11,14H2,1-2H3,(H,25,28). The number of urea groups is 1. The van der Waals surface area contributed by atoms with E-state index in [2.05, 4.69) is 42.3 Å². The fourth-order valence-corrected chi connectivity index (χ4v) is 4.75. The van der Waals surface area contributed by atoms with Crippen LogP contribution < -0.4 is 10.2 Å². The SMILES string of the molecule is CCN1CCC2(CC1)CN(C(=O)Nc1ccc(Cl)c(Cl)c1)c1ccc(C)cc12. The quantitative estimate of drug-likeness (QED) is 0.678. The zero-order chi connectivity index (χ0) is 19.9. The van der Waals surface area contributed by atoms with Crippen molar-refractivity contribution in [3.05, 3.63) is 57.6 Å². The van der Waals surface area contributed by atoms with Gasteiger partial charge in [-0.05, 0) is 69.2 Å². The number of nitrogens with zero attached hydrogens (tertiary/aromatic N) is 2. The predicted octanol–water partition coefficient (Wildman–Crippen LogP) is 5.71. The summed E-state index contributed by atoms with van der Waals surface area (Å²) in [6.07, 6.45) is 2.15. The minimum Gasteiger partial charge on any atom is -0.307 e. The van der Waals surface area contributed by atoms with Gasteiger partial charge in [0.05, 0.1) is 10.0 Å². The number of hydrogen-bond acceptors (Lipinski definition) is 2. The van der Waals surface area contributed by atoms with Gasteiger partial charge in [0.1, 0.15) is 0 Å². The highest BCUT2D eigenvalue weighted by atomic mass is 35.5. The number of carbonyl (C=O) groups excluding carboxylic acids is 1. The number of halogens is 2. The van der Waals surface area contributed by atoms with Crippen LogP contribution in [0.2, 0.25) is 10.0 Å². The van der Waals surface area contributed by atoms with E-state index < -0.39 is 0 Å². The smallest absolute Gasteiger partial charge is 0.307 e. The molecule has 2 amide bonds. The van der Waals surface area contributed by atoms with Crippen LogP contribution in [0.3, 0.4) is 0 Å². The molecule has 148 valence electrons. The van der Waals surface area contributed by atoms with Crippen molar-refractivity contribution in [3.63, 3.8) is 0 Å². The summed E-state index contributed by atoms with van der Waals surface area (Å²) in [6, 6.07) is 11.5. The van der Waals surface area contributed by atoms with Gasteiger partial charge in [-0.3, -0.25) is 4.90 Å². The van der Waals surface area contributed by atoms with Crippen molar-refractivity contribution in [3.8, 4) is 0 Å². The number of carbonyl (C=O) groups is 1. The van der Waals surface area contributed by atoms with E-state index in [1.165, 1.54) is 11.1 Å². The van der Waals surface area contributed by atoms with Gasteiger partial charge in [-0.25, -0.2) is 4.79 Å². The van der Waals surface area contributed by atoms with Gasteiger partial charge in [0.2, 0.25) is 0 Å². The van der Waals surface area contributed by atoms with Gasteiger partial charge < -0.3 is 10.2 Å². The number of nitrogens with one attached hydrogen (secondary N) is 1. The van der Waals surface area contributed by atoms with Crippen LogP contribution in [0.15, 0.2) is 36.4 Å². The lowest BCUT2D eigenvalue weighted by atomic mass is 9.74. The first kappa shape index (κ1) is 19.6. The Morgan fingerprint density at radius 2 is 1.86 bits per heavy atom. The third-order valence-corrected chi connectivity index (χ3v) is 6.89. The fraction of sp³-hybridized carbons (Fsp3) is 0.409. The Morgan fingerprint density at radius 3 is 2.54 bits per heavy atom. The van der Waals surface area contributed by atoms with Gasteiger partial charge in [0.25, 0.3) is 0 Å². The lowest BCUT2D eigenvalue weighted by Gasteiger charge is -2.39. The Morgan fingerprint density at radius 1 is 1.11 bits per heavy atom. The molecule has 2 aromatic rings. The minimum absolute atomic E-state index is 0.0437. The molecule has 2 aliphatic heterocycles. The summed E-state index contributed by atoms with van der Waals surface area (Å²) in [5.74, 6) is 0. The van der Waals surface area contributed by atoms with E-state index >= 15 is 0 Å². The lowest BCUT2D eigenvalue weighted by Crippen LogP contribution is -2.46. The first-order valence-electron chi connectivity index (χ1n) is 9.79. The third kappa shape index (κ3) is 3.49. The average Bonchev–Trinajstić information content (AvgIpc) is 2.99. The molecule has 1 saturated heterocycles. The van der Waals surface area contributed by atoms with Crippen molar-refractivity contribution in [1.29, 1.82) is 0 Å². The zero-order valence-corrected chi connectivity index (χ0v) is 17.8. The van der Waals surface area contributed by atoms with Crippen molar-refractivity contribution >= 4 is 40.6 Å². The molecule has 1 fully saturated rings. The number of hydrogen-bond donors (Lipinski definition) is 1. The van der Waals surface area contributed by atoms with Gasteiger partial charge in [0, 0.05) is 23.3 Å². The van der Waals surface area contributed by atoms with Crippen molar-refractivity contribution in [2.45, 2.75) is 32.1 Å². The van der Waals surface area contributed by atoms with Gasteiger partial charge in [0.15, 0.2) is 0 Å². The Kier molecular flexibility index (Phi) is 5.30. The summed E-state index contributed by atoms with van der Waals surface area (Å²) in [5, 5.41) is 3.89. The number of likely N-dealkylation sites (tertiary alicyclic amines) is 1. The summed E-state index contributed by atoms with van der Waals surface area (Å²) in [6.45, 7) is 8.28. The fourth-order valence-electron chi connectivity index (χ4n) is 4.45. The second-order valence-electron chi connectivity index (χ2n) is 7.88. The summed E-state index contributed by atoms with van der Waals surface area (Å²) in [5.41, 5.74) is 4.26. The summed E-state index contributed by atoms with van der Waals surface area (Å²) in [7, 11) is 0. The van der Waals surface area contributed by atoms with Crippen molar-refractivity contribution < 1.29 is 4.79 Å². The average molecular weight is 418 g/mol. The Labute approximate surface area is 176 Å². The van der Waals surface area contributed by atoms with Crippen LogP contribution in [0.1, 0.15) is 30.9 Å². The molecular weight excluding hydrogens is 393 g/mol. The number of benzene rings is 2. The molecule has 6 heteroatoms. The van der Waals surface area contributed by atoms with E-state index in [-0.39, 0.29) is 11.4 Å². The Balaban J connectivity index is 1.62. The number of aryl methyl sites for hydroxylation is 1.